The molecule has 6 nitrogen and oxygen atoms in total. The molecule has 1 aromatic carbocycles. The summed E-state index contributed by atoms with van der Waals surface area (Å²) in [5.41, 5.74) is 3.48. The predicted molar refractivity (Wildman–Crippen MR) is 105 cm³/mol. The molecule has 1 fully saturated rings. The van der Waals surface area contributed by atoms with Gasteiger partial charge in [0.25, 0.3) is 0 Å². The third-order valence-corrected chi connectivity index (χ3v) is 7.80. The lowest BCUT2D eigenvalue weighted by atomic mass is 9.86. The summed E-state index contributed by atoms with van der Waals surface area (Å²) in [5, 5.41) is 5.22. The summed E-state index contributed by atoms with van der Waals surface area (Å²) in [6, 6.07) is 8.32. The topological polar surface area (TPSA) is 68.1 Å². The van der Waals surface area contributed by atoms with Crippen LogP contribution in [-0.2, 0) is 17.1 Å². The summed E-state index contributed by atoms with van der Waals surface area (Å²) < 4.78 is 28.7. The van der Waals surface area contributed by atoms with Gasteiger partial charge in [-0.25, -0.2) is 8.42 Å². The SMILES string of the molecule is Cc1cc2ncccc2cc1C1CCN(S(=O)(=O)c2cnn(C)c2Cl)CC1. The van der Waals surface area contributed by atoms with Gasteiger partial charge in [0.2, 0.25) is 10.0 Å². The second kappa shape index (κ2) is 6.89. The molecule has 0 radical (unpaired) electrons. The highest BCUT2D eigenvalue weighted by atomic mass is 35.5. The van der Waals surface area contributed by atoms with Crippen LogP contribution in [0.5, 0.6) is 0 Å². The molecule has 2 aromatic heterocycles. The highest BCUT2D eigenvalue weighted by Crippen LogP contribution is 2.35. The molecule has 0 atom stereocenters. The fourth-order valence-electron chi connectivity index (χ4n) is 3.80. The molecule has 27 heavy (non-hydrogen) atoms. The normalized spacial score (nSPS) is 16.9. The van der Waals surface area contributed by atoms with Gasteiger partial charge in [0.05, 0.1) is 11.7 Å². The first-order valence-corrected chi connectivity index (χ1v) is 10.7. The minimum Gasteiger partial charge on any atom is -0.256 e. The van der Waals surface area contributed by atoms with Gasteiger partial charge >= 0.3 is 0 Å². The average Bonchev–Trinajstić information content (AvgIpc) is 3.01. The standard InChI is InChI=1S/C19H21ClN4O2S/c1-13-10-17-15(4-3-7-21-17)11-16(13)14-5-8-24(9-6-14)27(25,26)18-12-22-23(2)19(18)20/h3-4,7,10-12,14H,5-6,8-9H2,1-2H3. The molecule has 1 aliphatic heterocycles. The molecule has 0 saturated carbocycles. The van der Waals surface area contributed by atoms with Gasteiger partial charge in [0.15, 0.2) is 0 Å². The Labute approximate surface area is 163 Å². The van der Waals surface area contributed by atoms with Crippen molar-refractivity contribution in [2.24, 2.45) is 7.05 Å². The number of halogens is 1. The molecule has 8 heteroatoms. The maximum atomic E-state index is 12.9. The van der Waals surface area contributed by atoms with Gasteiger partial charge in [-0.1, -0.05) is 17.7 Å². The van der Waals surface area contributed by atoms with Crippen LogP contribution in [0.1, 0.15) is 29.9 Å². The van der Waals surface area contributed by atoms with E-state index in [-0.39, 0.29) is 10.0 Å². The number of rotatable bonds is 3. The summed E-state index contributed by atoms with van der Waals surface area (Å²) in [6.45, 7) is 3.05. The van der Waals surface area contributed by atoms with Crippen molar-refractivity contribution < 1.29 is 8.42 Å². The van der Waals surface area contributed by atoms with Gasteiger partial charge < -0.3 is 0 Å². The van der Waals surface area contributed by atoms with E-state index in [1.54, 1.807) is 13.2 Å². The summed E-state index contributed by atoms with van der Waals surface area (Å²) in [5.74, 6) is 0.338. The fraction of sp³-hybridized carbons (Fsp3) is 0.368. The number of hydrogen-bond acceptors (Lipinski definition) is 4. The van der Waals surface area contributed by atoms with Crippen LogP contribution in [0.25, 0.3) is 10.9 Å². The van der Waals surface area contributed by atoms with Crippen molar-refractivity contribution in [3.63, 3.8) is 0 Å². The Morgan fingerprint density at radius 2 is 1.96 bits per heavy atom. The highest BCUT2D eigenvalue weighted by molar-refractivity contribution is 7.89. The Morgan fingerprint density at radius 1 is 1.22 bits per heavy atom. The molecule has 142 valence electrons. The fourth-order valence-corrected chi connectivity index (χ4v) is 5.68. The molecule has 4 rings (SSSR count). The van der Waals surface area contributed by atoms with E-state index in [4.69, 9.17) is 11.6 Å². The Bertz CT molecular complexity index is 1100. The van der Waals surface area contributed by atoms with E-state index >= 15 is 0 Å². The zero-order chi connectivity index (χ0) is 19.2. The lowest BCUT2D eigenvalue weighted by Gasteiger charge is -2.32. The van der Waals surface area contributed by atoms with Crippen molar-refractivity contribution in [2.75, 3.05) is 13.1 Å². The zero-order valence-corrected chi connectivity index (χ0v) is 16.8. The van der Waals surface area contributed by atoms with Crippen LogP contribution in [0.3, 0.4) is 0 Å². The molecular weight excluding hydrogens is 384 g/mol. The van der Waals surface area contributed by atoms with E-state index in [9.17, 15) is 8.42 Å². The molecule has 0 unspecified atom stereocenters. The van der Waals surface area contributed by atoms with Crippen LogP contribution in [0.2, 0.25) is 5.15 Å². The van der Waals surface area contributed by atoms with Crippen LogP contribution < -0.4 is 0 Å². The number of benzene rings is 1. The van der Waals surface area contributed by atoms with E-state index in [0.717, 1.165) is 23.7 Å². The number of sulfonamides is 1. The number of fused-ring (bicyclic) bond motifs is 1. The van der Waals surface area contributed by atoms with Crippen molar-refractivity contribution in [2.45, 2.75) is 30.6 Å². The second-order valence-corrected chi connectivity index (χ2v) is 9.27. The Hall–Kier alpha value is -1.96. The molecule has 0 aliphatic carbocycles. The van der Waals surface area contributed by atoms with Gasteiger partial charge in [-0.3, -0.25) is 9.67 Å². The second-order valence-electron chi connectivity index (χ2n) is 7.01. The maximum absolute atomic E-state index is 12.9. The molecule has 0 spiro atoms. The van der Waals surface area contributed by atoms with Gasteiger partial charge in [-0.2, -0.15) is 9.40 Å². The van der Waals surface area contributed by atoms with Crippen molar-refractivity contribution in [1.29, 1.82) is 0 Å². The number of piperidine rings is 1. The molecule has 0 N–H and O–H groups in total. The third kappa shape index (κ3) is 3.24. The number of hydrogen-bond donors (Lipinski definition) is 0. The first-order chi connectivity index (χ1) is 12.9. The van der Waals surface area contributed by atoms with E-state index in [0.29, 0.717) is 19.0 Å². The third-order valence-electron chi connectivity index (χ3n) is 5.34. The van der Waals surface area contributed by atoms with Gasteiger partial charge in [-0.15, -0.1) is 0 Å². The minimum absolute atomic E-state index is 0.0816. The summed E-state index contributed by atoms with van der Waals surface area (Å²) in [6.07, 6.45) is 4.69. The molecular formula is C19H21ClN4O2S. The molecule has 0 bridgehead atoms. The van der Waals surface area contributed by atoms with Gasteiger partial charge in [0, 0.05) is 31.7 Å². The first-order valence-electron chi connectivity index (χ1n) is 8.91. The lowest BCUT2D eigenvalue weighted by Crippen LogP contribution is -2.38. The van der Waals surface area contributed by atoms with Crippen molar-refractivity contribution in [1.82, 2.24) is 19.1 Å². The smallest absolute Gasteiger partial charge is 0.247 e. The monoisotopic (exact) mass is 404 g/mol. The Morgan fingerprint density at radius 3 is 2.63 bits per heavy atom. The van der Waals surface area contributed by atoms with Crippen LogP contribution >= 0.6 is 11.6 Å². The molecule has 0 amide bonds. The summed E-state index contributed by atoms with van der Waals surface area (Å²) in [7, 11) is -1.98. The number of aromatic nitrogens is 3. The largest absolute Gasteiger partial charge is 0.256 e. The quantitative estimate of drug-likeness (QED) is 0.670. The number of aryl methyl sites for hydroxylation is 2. The van der Waals surface area contributed by atoms with Gasteiger partial charge in [-0.05, 0) is 55.0 Å². The Balaban J connectivity index is 1.56. The number of nitrogens with zero attached hydrogens (tertiary/aromatic N) is 4. The summed E-state index contributed by atoms with van der Waals surface area (Å²) in [4.78, 5) is 4.49. The van der Waals surface area contributed by atoms with E-state index in [1.165, 1.54) is 26.3 Å². The zero-order valence-electron chi connectivity index (χ0n) is 15.3. The Kier molecular flexibility index (Phi) is 4.70. The molecule has 3 heterocycles. The average molecular weight is 405 g/mol. The van der Waals surface area contributed by atoms with E-state index in [1.807, 2.05) is 6.07 Å². The minimum atomic E-state index is -3.61. The van der Waals surface area contributed by atoms with E-state index < -0.39 is 10.0 Å². The van der Waals surface area contributed by atoms with Crippen molar-refractivity contribution in [3.05, 3.63) is 52.9 Å². The molecule has 3 aromatic rings. The van der Waals surface area contributed by atoms with Crippen LogP contribution in [-0.4, -0.2) is 40.6 Å². The summed E-state index contributed by atoms with van der Waals surface area (Å²) >= 11 is 6.10. The number of pyridine rings is 1. The highest BCUT2D eigenvalue weighted by Gasteiger charge is 2.33. The van der Waals surface area contributed by atoms with Crippen LogP contribution in [0.15, 0.2) is 41.6 Å². The molecule has 1 aliphatic rings. The predicted octanol–water partition coefficient (Wildman–Crippen LogP) is 3.50. The maximum Gasteiger partial charge on any atom is 0.247 e. The molecule has 1 saturated heterocycles. The van der Waals surface area contributed by atoms with Crippen LogP contribution in [0.4, 0.5) is 0 Å². The lowest BCUT2D eigenvalue weighted by molar-refractivity contribution is 0.319. The first kappa shape index (κ1) is 18.4. The van der Waals surface area contributed by atoms with Crippen molar-refractivity contribution >= 4 is 32.5 Å². The van der Waals surface area contributed by atoms with Crippen molar-refractivity contribution in [3.8, 4) is 0 Å². The van der Waals surface area contributed by atoms with Gasteiger partial charge in [0.1, 0.15) is 10.0 Å². The van der Waals surface area contributed by atoms with E-state index in [2.05, 4.69) is 35.2 Å². The van der Waals surface area contributed by atoms with Crippen LogP contribution in [0, 0.1) is 6.92 Å².